The highest BCUT2D eigenvalue weighted by Gasteiger charge is 2.47. The van der Waals surface area contributed by atoms with Gasteiger partial charge in [-0.1, -0.05) is 18.9 Å². The van der Waals surface area contributed by atoms with E-state index in [9.17, 15) is 5.73 Å². The second kappa shape index (κ2) is 4.07. The second-order valence-corrected chi connectivity index (χ2v) is 5.41. The van der Waals surface area contributed by atoms with E-state index < -0.39 is 5.54 Å². The lowest BCUT2D eigenvalue weighted by Crippen LogP contribution is -2.47. The molecule has 90 valence electrons. The summed E-state index contributed by atoms with van der Waals surface area (Å²) in [6.07, 6.45) is 7.73. The van der Waals surface area contributed by atoms with Crippen LogP contribution in [0.1, 0.15) is 44.2 Å². The van der Waals surface area contributed by atoms with Crippen LogP contribution in [-0.2, 0) is 10.3 Å². The summed E-state index contributed by atoms with van der Waals surface area (Å²) in [6.45, 7) is 0.646. The van der Waals surface area contributed by atoms with Gasteiger partial charge in [0.2, 0.25) is 0 Å². The Labute approximate surface area is 102 Å². The first-order chi connectivity index (χ1) is 8.23. The molecule has 3 rings (SSSR count). The van der Waals surface area contributed by atoms with Crippen LogP contribution in [0.2, 0.25) is 0 Å². The molecule has 2 fully saturated rings. The fourth-order valence-corrected chi connectivity index (χ4v) is 3.31. The number of hydrogen-bond donors (Lipinski definition) is 0. The van der Waals surface area contributed by atoms with Gasteiger partial charge >= 0.3 is 0 Å². The highest BCUT2D eigenvalue weighted by molar-refractivity contribution is 5.18. The molecule has 1 aliphatic carbocycles. The summed E-state index contributed by atoms with van der Waals surface area (Å²) in [7, 11) is 0. The van der Waals surface area contributed by atoms with E-state index >= 15 is 0 Å². The van der Waals surface area contributed by atoms with Crippen LogP contribution in [0.15, 0.2) is 24.4 Å². The topological polar surface area (TPSA) is 44.4 Å². The van der Waals surface area contributed by atoms with Crippen LogP contribution in [-0.4, -0.2) is 17.2 Å². The van der Waals surface area contributed by atoms with E-state index in [1.165, 1.54) is 12.8 Å². The fraction of sp³-hybridized carbons (Fsp3) is 0.643. The molecule has 1 atom stereocenters. The van der Waals surface area contributed by atoms with Gasteiger partial charge < -0.3 is 4.74 Å². The molecule has 1 aromatic rings. The zero-order valence-electron chi connectivity index (χ0n) is 10.1. The third-order valence-corrected chi connectivity index (χ3v) is 4.19. The fourth-order valence-electron chi connectivity index (χ4n) is 3.31. The van der Waals surface area contributed by atoms with Gasteiger partial charge in [0.15, 0.2) is 0 Å². The summed E-state index contributed by atoms with van der Waals surface area (Å²) in [6, 6.07) is 5.75. The van der Waals surface area contributed by atoms with Crippen molar-refractivity contribution in [3.05, 3.63) is 30.1 Å². The van der Waals surface area contributed by atoms with Gasteiger partial charge in [-0.15, -0.1) is 5.73 Å². The maximum absolute atomic E-state index is 10.8. The molecule has 17 heavy (non-hydrogen) atoms. The molecule has 1 aliphatic heterocycles. The predicted molar refractivity (Wildman–Crippen MR) is 64.4 cm³/mol. The van der Waals surface area contributed by atoms with Crippen LogP contribution in [0.4, 0.5) is 0 Å². The normalized spacial score (nSPS) is 31.8. The number of ether oxygens (including phenoxy) is 1. The van der Waals surface area contributed by atoms with Crippen LogP contribution in [0.5, 0.6) is 0 Å². The van der Waals surface area contributed by atoms with Crippen molar-refractivity contribution in [2.24, 2.45) is 0 Å². The summed E-state index contributed by atoms with van der Waals surface area (Å²) >= 11 is 0. The van der Waals surface area contributed by atoms with Crippen LogP contribution in [0, 0.1) is 0 Å². The summed E-state index contributed by atoms with van der Waals surface area (Å²) in [5.74, 6) is 0. The van der Waals surface area contributed by atoms with E-state index in [1.54, 1.807) is 6.20 Å². The largest absolute Gasteiger partial charge is 0.375 e. The molecule has 0 bridgehead atoms. The van der Waals surface area contributed by atoms with Crippen molar-refractivity contribution in [3.63, 3.8) is 0 Å². The van der Waals surface area contributed by atoms with Crippen molar-refractivity contribution in [1.29, 1.82) is 0 Å². The lowest BCUT2D eigenvalue weighted by Gasteiger charge is -2.42. The average Bonchev–Trinajstić information content (AvgIpc) is 2.78. The van der Waals surface area contributed by atoms with Crippen molar-refractivity contribution < 1.29 is 4.74 Å². The van der Waals surface area contributed by atoms with Crippen molar-refractivity contribution in [3.8, 4) is 0 Å². The van der Waals surface area contributed by atoms with Crippen LogP contribution < -0.4 is 5.73 Å². The van der Waals surface area contributed by atoms with Crippen LogP contribution in [0.3, 0.4) is 0 Å². The van der Waals surface area contributed by atoms with E-state index in [2.05, 4.69) is 4.98 Å². The third kappa shape index (κ3) is 1.98. The molecular formula is C14H18N2O. The molecule has 1 spiro atoms. The van der Waals surface area contributed by atoms with E-state index in [-0.39, 0.29) is 5.60 Å². The molecule has 0 aromatic carbocycles. The predicted octanol–water partition coefficient (Wildman–Crippen LogP) is 2.47. The molecule has 2 heterocycles. The zero-order valence-corrected chi connectivity index (χ0v) is 10.1. The Morgan fingerprint density at radius 2 is 2.00 bits per heavy atom. The van der Waals surface area contributed by atoms with Crippen LogP contribution >= 0.6 is 0 Å². The van der Waals surface area contributed by atoms with Crippen molar-refractivity contribution in [2.45, 2.75) is 49.7 Å². The zero-order chi connectivity index (χ0) is 11.8. The Bertz CT molecular complexity index is 386. The maximum atomic E-state index is 10.8. The van der Waals surface area contributed by atoms with Crippen molar-refractivity contribution in [1.82, 2.24) is 10.7 Å². The third-order valence-electron chi connectivity index (χ3n) is 4.19. The van der Waals surface area contributed by atoms with Gasteiger partial charge in [-0.3, -0.25) is 4.98 Å². The Balaban J connectivity index is 1.87. The van der Waals surface area contributed by atoms with Gasteiger partial charge in [0.05, 0.1) is 11.3 Å². The Hall–Kier alpha value is -0.930. The quantitative estimate of drug-likeness (QED) is 0.744. The smallest absolute Gasteiger partial charge is 0.101 e. The number of nitrogens with zero attached hydrogens (tertiary/aromatic N) is 2. The highest BCUT2D eigenvalue weighted by Crippen LogP contribution is 2.46. The molecule has 3 heteroatoms. The molecule has 2 radical (unpaired) electrons. The molecule has 2 aliphatic rings. The first kappa shape index (κ1) is 11.2. The lowest BCUT2D eigenvalue weighted by atomic mass is 9.77. The number of rotatable bonds is 1. The van der Waals surface area contributed by atoms with Gasteiger partial charge in [0.25, 0.3) is 0 Å². The number of hydrogen-bond acceptors (Lipinski definition) is 2. The molecule has 1 saturated heterocycles. The summed E-state index contributed by atoms with van der Waals surface area (Å²) in [5, 5.41) is 0. The Morgan fingerprint density at radius 3 is 2.71 bits per heavy atom. The molecule has 1 saturated carbocycles. The Morgan fingerprint density at radius 1 is 1.18 bits per heavy atom. The molecular weight excluding hydrogens is 212 g/mol. The minimum atomic E-state index is -0.788. The maximum Gasteiger partial charge on any atom is 0.101 e. The molecule has 0 N–H and O–H groups in total. The summed E-state index contributed by atoms with van der Waals surface area (Å²) < 4.78 is 5.96. The molecule has 1 aromatic heterocycles. The lowest BCUT2D eigenvalue weighted by molar-refractivity contribution is -0.103. The van der Waals surface area contributed by atoms with E-state index in [0.717, 1.165) is 18.5 Å². The van der Waals surface area contributed by atoms with E-state index in [0.29, 0.717) is 19.4 Å². The van der Waals surface area contributed by atoms with Gasteiger partial charge in [-0.2, -0.15) is 0 Å². The SMILES string of the molecule is [N]C1(c2ccccn2)CCOC2(CCCC2)C1. The minimum absolute atomic E-state index is 0.0788. The standard InChI is InChI=1S/C14H18N2O/c15-14(12-5-1-4-9-16-12)8-10-17-13(11-14)6-2-3-7-13/h1,4-5,9H,2-3,6-8,10-11H2. The monoisotopic (exact) mass is 230 g/mol. The molecule has 0 amide bonds. The first-order valence-corrected chi connectivity index (χ1v) is 6.50. The average molecular weight is 230 g/mol. The van der Waals surface area contributed by atoms with Gasteiger partial charge in [-0.25, -0.2) is 0 Å². The number of aromatic nitrogens is 1. The van der Waals surface area contributed by atoms with E-state index in [1.807, 2.05) is 18.2 Å². The summed E-state index contributed by atoms with van der Waals surface area (Å²) in [5.41, 5.74) is 10.8. The van der Waals surface area contributed by atoms with Gasteiger partial charge in [0, 0.05) is 19.2 Å². The Kier molecular flexibility index (Phi) is 2.68. The molecule has 1 unspecified atom stereocenters. The minimum Gasteiger partial charge on any atom is -0.375 e. The number of pyridine rings is 1. The summed E-state index contributed by atoms with van der Waals surface area (Å²) in [4.78, 5) is 4.32. The second-order valence-electron chi connectivity index (χ2n) is 5.41. The van der Waals surface area contributed by atoms with Gasteiger partial charge in [-0.05, 0) is 31.4 Å². The van der Waals surface area contributed by atoms with E-state index in [4.69, 9.17) is 4.74 Å². The first-order valence-electron chi connectivity index (χ1n) is 6.50. The van der Waals surface area contributed by atoms with Gasteiger partial charge in [0.1, 0.15) is 5.54 Å². The van der Waals surface area contributed by atoms with Crippen molar-refractivity contribution in [2.75, 3.05) is 6.61 Å². The van der Waals surface area contributed by atoms with Crippen LogP contribution in [0.25, 0.3) is 0 Å². The highest BCUT2D eigenvalue weighted by atomic mass is 16.5. The molecule has 3 nitrogen and oxygen atoms in total. The van der Waals surface area contributed by atoms with Crippen molar-refractivity contribution >= 4 is 0 Å².